The molecule has 0 aliphatic heterocycles. The van der Waals surface area contributed by atoms with Crippen LogP contribution >= 0.6 is 0 Å². The molecular formula is C34H42N4O6. The Morgan fingerprint density at radius 3 is 2.59 bits per heavy atom. The summed E-state index contributed by atoms with van der Waals surface area (Å²) in [5, 5.41) is 36.5. The number of aliphatic hydroxyl groups excluding tert-OH is 2. The number of carbonyl (C=O) groups excluding carboxylic acids is 2. The van der Waals surface area contributed by atoms with Crippen molar-refractivity contribution in [1.82, 2.24) is 15.2 Å². The minimum atomic E-state index is -0.791. The van der Waals surface area contributed by atoms with Crippen molar-refractivity contribution in [1.29, 1.82) is 5.41 Å². The number of fused-ring (bicyclic) bond motifs is 3. The summed E-state index contributed by atoms with van der Waals surface area (Å²) in [5.74, 6) is 0.947. The summed E-state index contributed by atoms with van der Waals surface area (Å²) < 4.78 is 13.9. The molecule has 1 aromatic heterocycles. The molecule has 0 radical (unpaired) electrons. The van der Waals surface area contributed by atoms with Crippen LogP contribution in [0.1, 0.15) is 37.8 Å². The van der Waals surface area contributed by atoms with Crippen LogP contribution in [-0.2, 0) is 16.1 Å². The van der Waals surface area contributed by atoms with Crippen molar-refractivity contribution in [3.63, 3.8) is 0 Å². The van der Waals surface area contributed by atoms with Gasteiger partial charge in [-0.1, -0.05) is 24.3 Å². The largest absolute Gasteiger partial charge is 0.490 e. The Balaban J connectivity index is 1.24. The zero-order valence-electron chi connectivity index (χ0n) is 25.6. The van der Waals surface area contributed by atoms with Gasteiger partial charge in [-0.05, 0) is 74.7 Å². The maximum Gasteiger partial charge on any atom is 0.258 e. The van der Waals surface area contributed by atoms with E-state index in [2.05, 4.69) is 15.2 Å². The standard InChI is InChI=1S/C34H42N4O6/c1-23-18-24(27(35)9-7-16-39)13-14-30(23)44-21-32(42)36-22-34(2,3)37-19-25(41)20-43-31-12-6-11-29-33(31)26-8-4-5-10-28(26)38(29)15-17-40/h4-6,8,10-14,16,18,25,35,37,40-41H,7,9,15,17,19-22H2,1-3H3,(H,36,42). The van der Waals surface area contributed by atoms with Crippen LogP contribution in [0.3, 0.4) is 0 Å². The summed E-state index contributed by atoms with van der Waals surface area (Å²) in [7, 11) is 0. The number of aryl methyl sites for hydroxylation is 1. The maximum atomic E-state index is 12.5. The minimum absolute atomic E-state index is 0.0257. The smallest absolute Gasteiger partial charge is 0.258 e. The number of hydrogen-bond acceptors (Lipinski definition) is 8. The average molecular weight is 603 g/mol. The Labute approximate surface area is 257 Å². The van der Waals surface area contributed by atoms with E-state index >= 15 is 0 Å². The second-order valence-electron chi connectivity index (χ2n) is 11.5. The first kappa shape index (κ1) is 32.7. The lowest BCUT2D eigenvalue weighted by molar-refractivity contribution is -0.123. The van der Waals surface area contributed by atoms with Crippen LogP contribution in [-0.4, -0.2) is 77.2 Å². The number of nitrogens with zero attached hydrogens (tertiary/aromatic N) is 1. The molecule has 10 heteroatoms. The fourth-order valence-electron chi connectivity index (χ4n) is 5.09. The third kappa shape index (κ3) is 8.22. The number of aromatic nitrogens is 1. The van der Waals surface area contributed by atoms with Crippen molar-refractivity contribution in [2.45, 2.75) is 51.8 Å². The van der Waals surface area contributed by atoms with Crippen LogP contribution < -0.4 is 20.1 Å². The van der Waals surface area contributed by atoms with Gasteiger partial charge in [0.1, 0.15) is 30.5 Å². The molecule has 0 bridgehead atoms. The fourth-order valence-corrected chi connectivity index (χ4v) is 5.09. The van der Waals surface area contributed by atoms with Gasteiger partial charge in [0.05, 0.1) is 12.1 Å². The summed E-state index contributed by atoms with van der Waals surface area (Å²) in [4.78, 5) is 23.1. The zero-order valence-corrected chi connectivity index (χ0v) is 25.6. The summed E-state index contributed by atoms with van der Waals surface area (Å²) in [6.07, 6.45) is 0.703. The van der Waals surface area contributed by atoms with Crippen molar-refractivity contribution >= 4 is 39.7 Å². The molecule has 1 heterocycles. The number of ether oxygens (including phenoxy) is 2. The predicted molar refractivity (Wildman–Crippen MR) is 172 cm³/mol. The van der Waals surface area contributed by atoms with E-state index < -0.39 is 11.6 Å². The third-order valence-corrected chi connectivity index (χ3v) is 7.45. The summed E-state index contributed by atoms with van der Waals surface area (Å²) in [6, 6.07) is 19.1. The monoisotopic (exact) mass is 602 g/mol. The predicted octanol–water partition coefficient (Wildman–Crippen LogP) is 3.75. The number of rotatable bonds is 17. The van der Waals surface area contributed by atoms with Crippen molar-refractivity contribution in [2.75, 3.05) is 32.9 Å². The number of carbonyl (C=O) groups is 2. The van der Waals surface area contributed by atoms with Gasteiger partial charge in [-0.15, -0.1) is 0 Å². The molecule has 234 valence electrons. The highest BCUT2D eigenvalue weighted by molar-refractivity contribution is 6.11. The molecule has 3 aromatic carbocycles. The van der Waals surface area contributed by atoms with Gasteiger partial charge < -0.3 is 45.1 Å². The molecule has 10 nitrogen and oxygen atoms in total. The van der Waals surface area contributed by atoms with Crippen molar-refractivity contribution in [3.8, 4) is 11.5 Å². The van der Waals surface area contributed by atoms with Gasteiger partial charge in [-0.2, -0.15) is 0 Å². The van der Waals surface area contributed by atoms with Crippen LogP contribution in [0, 0.1) is 12.3 Å². The molecule has 0 saturated carbocycles. The molecule has 1 atom stereocenters. The maximum absolute atomic E-state index is 12.5. The quantitative estimate of drug-likeness (QED) is 0.0914. The highest BCUT2D eigenvalue weighted by Gasteiger charge is 2.21. The molecule has 0 spiro atoms. The number of aldehydes is 1. The third-order valence-electron chi connectivity index (χ3n) is 7.45. The first-order chi connectivity index (χ1) is 21.1. The topological polar surface area (TPSA) is 146 Å². The Morgan fingerprint density at radius 2 is 1.84 bits per heavy atom. The Hall–Kier alpha value is -4.25. The molecule has 0 aliphatic rings. The lowest BCUT2D eigenvalue weighted by Crippen LogP contribution is -2.52. The Morgan fingerprint density at radius 1 is 1.07 bits per heavy atom. The molecule has 4 rings (SSSR count). The molecule has 1 amide bonds. The van der Waals surface area contributed by atoms with Crippen LogP contribution in [0.4, 0.5) is 0 Å². The second kappa shape index (κ2) is 15.0. The number of aliphatic hydroxyl groups is 2. The van der Waals surface area contributed by atoms with Crippen LogP contribution in [0.15, 0.2) is 60.7 Å². The first-order valence-corrected chi connectivity index (χ1v) is 14.8. The van der Waals surface area contributed by atoms with Crippen molar-refractivity contribution in [3.05, 3.63) is 71.8 Å². The van der Waals surface area contributed by atoms with Crippen LogP contribution in [0.5, 0.6) is 11.5 Å². The second-order valence-corrected chi connectivity index (χ2v) is 11.5. The van der Waals surface area contributed by atoms with Crippen LogP contribution in [0.25, 0.3) is 21.8 Å². The molecule has 0 fully saturated rings. The highest BCUT2D eigenvalue weighted by Crippen LogP contribution is 2.35. The summed E-state index contributed by atoms with van der Waals surface area (Å²) >= 11 is 0. The normalized spacial score (nSPS) is 12.3. The zero-order chi connectivity index (χ0) is 31.7. The number of amides is 1. The van der Waals surface area contributed by atoms with Gasteiger partial charge in [0.2, 0.25) is 0 Å². The van der Waals surface area contributed by atoms with Gasteiger partial charge in [-0.25, -0.2) is 0 Å². The molecule has 1 unspecified atom stereocenters. The lowest BCUT2D eigenvalue weighted by Gasteiger charge is -2.28. The number of benzene rings is 3. The van der Waals surface area contributed by atoms with Gasteiger partial charge >= 0.3 is 0 Å². The van der Waals surface area contributed by atoms with Gasteiger partial charge in [0, 0.05) is 53.6 Å². The fraction of sp³-hybridized carbons (Fsp3) is 0.382. The highest BCUT2D eigenvalue weighted by atomic mass is 16.5. The van der Waals surface area contributed by atoms with Crippen molar-refractivity contribution in [2.24, 2.45) is 0 Å². The molecule has 0 saturated heterocycles. The van der Waals surface area contributed by atoms with Gasteiger partial charge in [-0.3, -0.25) is 4.79 Å². The molecular weight excluding hydrogens is 560 g/mol. The number of hydrogen-bond donors (Lipinski definition) is 5. The van der Waals surface area contributed by atoms with E-state index in [0.29, 0.717) is 43.1 Å². The van der Waals surface area contributed by atoms with E-state index in [1.807, 2.05) is 69.3 Å². The van der Waals surface area contributed by atoms with E-state index in [-0.39, 0.29) is 32.3 Å². The van der Waals surface area contributed by atoms with E-state index in [9.17, 15) is 19.8 Å². The molecule has 5 N–H and O–H groups in total. The average Bonchev–Trinajstić information content (AvgIpc) is 3.34. The Bertz CT molecular complexity index is 1610. The Kier molecular flexibility index (Phi) is 11.1. The van der Waals surface area contributed by atoms with E-state index in [4.69, 9.17) is 14.9 Å². The number of para-hydroxylation sites is 1. The van der Waals surface area contributed by atoms with Gasteiger partial charge in [0.15, 0.2) is 6.61 Å². The number of β-amino-alcohol motifs (C(OH)–C–C–N with tert-alkyl or cyclic N) is 1. The number of nitrogens with one attached hydrogen (secondary N) is 3. The SMILES string of the molecule is Cc1cc(C(=N)CCC=O)ccc1OCC(=O)NCC(C)(C)NCC(O)COc1cccc2c1c1ccccc1n2CCO. The lowest BCUT2D eigenvalue weighted by atomic mass is 10.0. The molecule has 0 aliphatic carbocycles. The molecule has 44 heavy (non-hydrogen) atoms. The van der Waals surface area contributed by atoms with Crippen LogP contribution in [0.2, 0.25) is 0 Å². The molecule has 4 aromatic rings. The van der Waals surface area contributed by atoms with E-state index in [1.165, 1.54) is 0 Å². The van der Waals surface area contributed by atoms with E-state index in [1.54, 1.807) is 12.1 Å². The van der Waals surface area contributed by atoms with Crippen molar-refractivity contribution < 1.29 is 29.3 Å². The van der Waals surface area contributed by atoms with E-state index in [0.717, 1.165) is 39.2 Å². The first-order valence-electron chi connectivity index (χ1n) is 14.8. The summed E-state index contributed by atoms with van der Waals surface area (Å²) in [6.45, 7) is 6.71. The summed E-state index contributed by atoms with van der Waals surface area (Å²) in [5.41, 5.74) is 3.39. The van der Waals surface area contributed by atoms with Gasteiger partial charge in [0.25, 0.3) is 5.91 Å². The minimum Gasteiger partial charge on any atom is -0.490 e.